The molecular formula is C12H12INO2. The van der Waals surface area contributed by atoms with E-state index in [1.54, 1.807) is 13.0 Å². The summed E-state index contributed by atoms with van der Waals surface area (Å²) in [4.78, 5) is 11.6. The zero-order chi connectivity index (χ0) is 12.0. The number of hydrogen-bond acceptors (Lipinski definition) is 3. The lowest BCUT2D eigenvalue weighted by Gasteiger charge is -2.07. The monoisotopic (exact) mass is 329 g/mol. The molecule has 0 atom stereocenters. The van der Waals surface area contributed by atoms with Crippen molar-refractivity contribution in [3.05, 3.63) is 32.9 Å². The molecule has 0 aliphatic heterocycles. The Hall–Kier alpha value is -1.09. The van der Waals surface area contributed by atoms with Crippen molar-refractivity contribution in [1.29, 1.82) is 5.26 Å². The normalized spacial score (nSPS) is 9.56. The Kier molecular flexibility index (Phi) is 5.26. The number of carbonyl (C=O) groups excluding carboxylic acids is 1. The van der Waals surface area contributed by atoms with E-state index >= 15 is 0 Å². The molecule has 84 valence electrons. The Labute approximate surface area is 109 Å². The summed E-state index contributed by atoms with van der Waals surface area (Å²) < 4.78 is 5.84. The van der Waals surface area contributed by atoms with Crippen LogP contribution < -0.4 is 0 Å². The van der Waals surface area contributed by atoms with E-state index in [0.717, 1.165) is 9.13 Å². The highest BCUT2D eigenvalue weighted by atomic mass is 127. The van der Waals surface area contributed by atoms with Crippen LogP contribution in [0.2, 0.25) is 0 Å². The minimum atomic E-state index is -0.300. The fourth-order valence-electron chi connectivity index (χ4n) is 1.33. The summed E-state index contributed by atoms with van der Waals surface area (Å²) >= 11 is 2.13. The number of rotatable bonds is 4. The second-order valence-electron chi connectivity index (χ2n) is 3.16. The van der Waals surface area contributed by atoms with Gasteiger partial charge in [-0.05, 0) is 47.6 Å². The van der Waals surface area contributed by atoms with Gasteiger partial charge in [-0.2, -0.15) is 5.26 Å². The molecule has 16 heavy (non-hydrogen) atoms. The number of aryl methyl sites for hydroxylation is 1. The Morgan fingerprint density at radius 3 is 2.94 bits per heavy atom. The third kappa shape index (κ3) is 3.20. The Morgan fingerprint density at radius 1 is 1.56 bits per heavy atom. The molecule has 1 aromatic carbocycles. The maximum absolute atomic E-state index is 11.6. The molecule has 3 nitrogen and oxygen atoms in total. The van der Waals surface area contributed by atoms with Gasteiger partial charge in [-0.15, -0.1) is 0 Å². The van der Waals surface area contributed by atoms with Crippen LogP contribution in [0.4, 0.5) is 0 Å². The van der Waals surface area contributed by atoms with Gasteiger partial charge in [0.05, 0.1) is 18.2 Å². The predicted molar refractivity (Wildman–Crippen MR) is 69.0 cm³/mol. The van der Waals surface area contributed by atoms with E-state index in [9.17, 15) is 4.79 Å². The first kappa shape index (κ1) is 13.0. The van der Waals surface area contributed by atoms with Crippen molar-refractivity contribution in [3.63, 3.8) is 0 Å². The standard InChI is InChI=1S/C12H12INO2/c1-2-16-12(15)10-7-3-5-9(11(10)13)6-4-8-14/h3,5,7H,2,4,6H2,1H3. The molecule has 1 aromatic rings. The average Bonchev–Trinajstić information content (AvgIpc) is 2.28. The molecule has 0 aromatic heterocycles. The molecule has 0 amide bonds. The minimum Gasteiger partial charge on any atom is -0.462 e. The van der Waals surface area contributed by atoms with Gasteiger partial charge in [0.15, 0.2) is 0 Å². The third-order valence-corrected chi connectivity index (χ3v) is 3.35. The van der Waals surface area contributed by atoms with Crippen LogP contribution in [0.3, 0.4) is 0 Å². The van der Waals surface area contributed by atoms with Gasteiger partial charge in [-0.1, -0.05) is 12.1 Å². The summed E-state index contributed by atoms with van der Waals surface area (Å²) in [6.45, 7) is 2.15. The molecule has 0 saturated carbocycles. The first-order valence-electron chi connectivity index (χ1n) is 5.02. The zero-order valence-electron chi connectivity index (χ0n) is 9.00. The Morgan fingerprint density at radius 2 is 2.31 bits per heavy atom. The Bertz CT molecular complexity index is 424. The Balaban J connectivity index is 2.95. The summed E-state index contributed by atoms with van der Waals surface area (Å²) in [5.41, 5.74) is 1.60. The zero-order valence-corrected chi connectivity index (χ0v) is 11.2. The molecule has 1 rings (SSSR count). The highest BCUT2D eigenvalue weighted by Gasteiger charge is 2.13. The summed E-state index contributed by atoms with van der Waals surface area (Å²) in [6, 6.07) is 7.60. The van der Waals surface area contributed by atoms with E-state index in [0.29, 0.717) is 25.0 Å². The van der Waals surface area contributed by atoms with E-state index in [1.165, 1.54) is 0 Å². The van der Waals surface area contributed by atoms with Gasteiger partial charge in [-0.3, -0.25) is 0 Å². The predicted octanol–water partition coefficient (Wildman–Crippen LogP) is 2.92. The SMILES string of the molecule is CCOC(=O)c1cccc(CCC#N)c1I. The van der Waals surface area contributed by atoms with Crippen LogP contribution in [-0.2, 0) is 11.2 Å². The van der Waals surface area contributed by atoms with Crippen LogP contribution in [0, 0.1) is 14.9 Å². The summed E-state index contributed by atoms with van der Waals surface area (Å²) in [5, 5.41) is 8.54. The van der Waals surface area contributed by atoms with Gasteiger partial charge in [-0.25, -0.2) is 4.79 Å². The van der Waals surface area contributed by atoms with Crippen molar-refractivity contribution in [2.45, 2.75) is 19.8 Å². The van der Waals surface area contributed by atoms with Crippen LogP contribution in [-0.4, -0.2) is 12.6 Å². The average molecular weight is 329 g/mol. The van der Waals surface area contributed by atoms with E-state index < -0.39 is 0 Å². The lowest BCUT2D eigenvalue weighted by atomic mass is 10.1. The smallest absolute Gasteiger partial charge is 0.339 e. The van der Waals surface area contributed by atoms with Crippen molar-refractivity contribution in [1.82, 2.24) is 0 Å². The molecule has 0 saturated heterocycles. The number of nitrogens with zero attached hydrogens (tertiary/aromatic N) is 1. The van der Waals surface area contributed by atoms with Crippen LogP contribution in [0.15, 0.2) is 18.2 Å². The van der Waals surface area contributed by atoms with E-state index in [-0.39, 0.29) is 5.97 Å². The number of carbonyl (C=O) groups is 1. The number of nitriles is 1. The second-order valence-corrected chi connectivity index (χ2v) is 4.24. The van der Waals surface area contributed by atoms with Gasteiger partial charge in [0.25, 0.3) is 0 Å². The van der Waals surface area contributed by atoms with Crippen molar-refractivity contribution in [2.75, 3.05) is 6.61 Å². The van der Waals surface area contributed by atoms with Crippen LogP contribution in [0.5, 0.6) is 0 Å². The molecule has 0 spiro atoms. The van der Waals surface area contributed by atoms with Gasteiger partial charge >= 0.3 is 5.97 Å². The van der Waals surface area contributed by atoms with E-state index in [1.807, 2.05) is 12.1 Å². The topological polar surface area (TPSA) is 50.1 Å². The molecule has 0 aliphatic carbocycles. The second kappa shape index (κ2) is 6.48. The first-order chi connectivity index (χ1) is 7.70. The van der Waals surface area contributed by atoms with Crippen LogP contribution >= 0.6 is 22.6 Å². The van der Waals surface area contributed by atoms with Gasteiger partial charge < -0.3 is 4.74 Å². The van der Waals surface area contributed by atoms with Crippen molar-refractivity contribution < 1.29 is 9.53 Å². The van der Waals surface area contributed by atoms with Crippen LogP contribution in [0.25, 0.3) is 0 Å². The van der Waals surface area contributed by atoms with Crippen molar-refractivity contribution >= 4 is 28.6 Å². The lowest BCUT2D eigenvalue weighted by molar-refractivity contribution is 0.0525. The van der Waals surface area contributed by atoms with Gasteiger partial charge in [0.1, 0.15) is 0 Å². The van der Waals surface area contributed by atoms with Gasteiger partial charge in [0, 0.05) is 9.99 Å². The number of halogens is 1. The first-order valence-corrected chi connectivity index (χ1v) is 6.10. The molecule has 0 bridgehead atoms. The lowest BCUT2D eigenvalue weighted by Crippen LogP contribution is -2.08. The summed E-state index contributed by atoms with van der Waals surface area (Å²) in [6.07, 6.45) is 1.13. The molecule has 0 heterocycles. The van der Waals surface area contributed by atoms with Gasteiger partial charge in [0.2, 0.25) is 0 Å². The molecule has 0 unspecified atom stereocenters. The van der Waals surface area contributed by atoms with Crippen molar-refractivity contribution in [3.8, 4) is 6.07 Å². The van der Waals surface area contributed by atoms with Crippen LogP contribution in [0.1, 0.15) is 29.3 Å². The number of esters is 1. The highest BCUT2D eigenvalue weighted by molar-refractivity contribution is 14.1. The molecular weight excluding hydrogens is 317 g/mol. The maximum Gasteiger partial charge on any atom is 0.339 e. The molecule has 0 radical (unpaired) electrons. The van der Waals surface area contributed by atoms with Crippen molar-refractivity contribution in [2.24, 2.45) is 0 Å². The summed E-state index contributed by atoms with van der Waals surface area (Å²) in [7, 11) is 0. The molecule has 0 fully saturated rings. The fourth-order valence-corrected chi connectivity index (χ4v) is 2.18. The quantitative estimate of drug-likeness (QED) is 0.630. The maximum atomic E-state index is 11.6. The number of hydrogen-bond donors (Lipinski definition) is 0. The molecule has 0 aliphatic rings. The highest BCUT2D eigenvalue weighted by Crippen LogP contribution is 2.19. The minimum absolute atomic E-state index is 0.300. The molecule has 4 heteroatoms. The molecule has 0 N–H and O–H groups in total. The van der Waals surface area contributed by atoms with E-state index in [2.05, 4.69) is 28.7 Å². The number of ether oxygens (including phenoxy) is 1. The van der Waals surface area contributed by atoms with E-state index in [4.69, 9.17) is 10.00 Å². The largest absolute Gasteiger partial charge is 0.462 e. The fraction of sp³-hybridized carbons (Fsp3) is 0.333. The summed E-state index contributed by atoms with van der Waals surface area (Å²) in [5.74, 6) is -0.300. The number of benzene rings is 1. The third-order valence-electron chi connectivity index (χ3n) is 2.08.